The van der Waals surface area contributed by atoms with E-state index in [1.807, 2.05) is 11.4 Å². The van der Waals surface area contributed by atoms with E-state index in [0.717, 1.165) is 5.69 Å². The first-order valence-electron chi connectivity index (χ1n) is 4.42. The zero-order chi connectivity index (χ0) is 10.5. The van der Waals surface area contributed by atoms with Crippen molar-refractivity contribution in [2.24, 2.45) is 0 Å². The predicted octanol–water partition coefficient (Wildman–Crippen LogP) is 1.72. The molecule has 2 aromatic rings. The number of nitrogens with zero attached hydrogens (tertiary/aromatic N) is 2. The maximum atomic E-state index is 11.5. The van der Waals surface area contributed by atoms with Crippen molar-refractivity contribution >= 4 is 23.1 Å². The molecule has 2 heterocycles. The van der Waals surface area contributed by atoms with E-state index in [-0.39, 0.29) is 5.91 Å². The molecule has 5 heteroatoms. The number of thiazole rings is 1. The molecule has 0 saturated carbocycles. The molecular weight excluding hydrogens is 210 g/mol. The Morgan fingerprint density at radius 3 is 3.00 bits per heavy atom. The Balaban J connectivity index is 1.94. The second kappa shape index (κ2) is 4.65. The van der Waals surface area contributed by atoms with Crippen LogP contribution in [-0.2, 0) is 11.2 Å². The highest BCUT2D eigenvalue weighted by Gasteiger charge is 2.05. The molecule has 1 amide bonds. The van der Waals surface area contributed by atoms with Crippen molar-refractivity contribution in [2.45, 2.75) is 6.42 Å². The molecule has 0 spiro atoms. The normalized spacial score (nSPS) is 9.87. The number of hydrogen-bond donors (Lipinski definition) is 1. The third kappa shape index (κ3) is 2.85. The van der Waals surface area contributed by atoms with Crippen LogP contribution >= 0.6 is 11.3 Å². The standard InChI is InChI=1S/C10H9N3OS/c14-10(5-8-6-15-7-12-8)13-9-3-1-2-4-11-9/h1-4,6-7H,5H2,(H,11,13,14). The van der Waals surface area contributed by atoms with E-state index in [1.54, 1.807) is 23.8 Å². The summed E-state index contributed by atoms with van der Waals surface area (Å²) in [4.78, 5) is 19.5. The van der Waals surface area contributed by atoms with Crippen molar-refractivity contribution < 1.29 is 4.79 Å². The minimum Gasteiger partial charge on any atom is -0.310 e. The van der Waals surface area contributed by atoms with Gasteiger partial charge >= 0.3 is 0 Å². The fourth-order valence-electron chi connectivity index (χ4n) is 1.11. The molecule has 0 atom stereocenters. The molecule has 0 aromatic carbocycles. The second-order valence-corrected chi connectivity index (χ2v) is 3.64. The van der Waals surface area contributed by atoms with Gasteiger partial charge in [0.25, 0.3) is 0 Å². The monoisotopic (exact) mass is 219 g/mol. The Bertz CT molecular complexity index is 427. The quantitative estimate of drug-likeness (QED) is 0.855. The van der Waals surface area contributed by atoms with Crippen LogP contribution in [0.2, 0.25) is 0 Å². The van der Waals surface area contributed by atoms with Gasteiger partial charge in [-0.2, -0.15) is 0 Å². The summed E-state index contributed by atoms with van der Waals surface area (Å²) in [6.07, 6.45) is 1.93. The van der Waals surface area contributed by atoms with Crippen molar-refractivity contribution in [2.75, 3.05) is 5.32 Å². The van der Waals surface area contributed by atoms with E-state index in [0.29, 0.717) is 12.2 Å². The average Bonchev–Trinajstić information content (AvgIpc) is 2.71. The number of hydrogen-bond acceptors (Lipinski definition) is 4. The van der Waals surface area contributed by atoms with Gasteiger partial charge < -0.3 is 5.32 Å². The van der Waals surface area contributed by atoms with Crippen LogP contribution in [0.5, 0.6) is 0 Å². The summed E-state index contributed by atoms with van der Waals surface area (Å²) in [6, 6.07) is 5.38. The number of rotatable bonds is 3. The maximum absolute atomic E-state index is 11.5. The SMILES string of the molecule is O=C(Cc1cscn1)Nc1ccccn1. The highest BCUT2D eigenvalue weighted by Crippen LogP contribution is 2.04. The van der Waals surface area contributed by atoms with E-state index in [2.05, 4.69) is 15.3 Å². The molecule has 15 heavy (non-hydrogen) atoms. The lowest BCUT2D eigenvalue weighted by molar-refractivity contribution is -0.115. The summed E-state index contributed by atoms with van der Waals surface area (Å²) in [5.74, 6) is 0.470. The number of anilines is 1. The smallest absolute Gasteiger partial charge is 0.231 e. The van der Waals surface area contributed by atoms with Crippen molar-refractivity contribution in [3.8, 4) is 0 Å². The zero-order valence-corrected chi connectivity index (χ0v) is 8.70. The van der Waals surface area contributed by atoms with Crippen molar-refractivity contribution in [3.05, 3.63) is 41.0 Å². The molecule has 0 saturated heterocycles. The van der Waals surface area contributed by atoms with Crippen LogP contribution < -0.4 is 5.32 Å². The topological polar surface area (TPSA) is 54.9 Å². The molecule has 0 aliphatic rings. The number of nitrogens with one attached hydrogen (secondary N) is 1. The number of pyridine rings is 1. The van der Waals surface area contributed by atoms with E-state index in [9.17, 15) is 4.79 Å². The van der Waals surface area contributed by atoms with Gasteiger partial charge in [-0.15, -0.1) is 11.3 Å². The highest BCUT2D eigenvalue weighted by molar-refractivity contribution is 7.07. The number of aromatic nitrogens is 2. The molecule has 0 radical (unpaired) electrons. The van der Waals surface area contributed by atoms with Gasteiger partial charge in [-0.05, 0) is 12.1 Å². The Morgan fingerprint density at radius 2 is 2.33 bits per heavy atom. The fourth-order valence-corrected chi connectivity index (χ4v) is 1.67. The summed E-state index contributed by atoms with van der Waals surface area (Å²) in [5, 5.41) is 4.55. The van der Waals surface area contributed by atoms with Gasteiger partial charge in [0, 0.05) is 11.6 Å². The predicted molar refractivity (Wildman–Crippen MR) is 58.7 cm³/mol. The molecule has 0 fully saturated rings. The summed E-state index contributed by atoms with van der Waals surface area (Å²) in [5.41, 5.74) is 2.50. The molecule has 2 rings (SSSR count). The summed E-state index contributed by atoms with van der Waals surface area (Å²) >= 11 is 1.48. The van der Waals surface area contributed by atoms with Gasteiger partial charge in [-0.3, -0.25) is 4.79 Å². The van der Waals surface area contributed by atoms with Gasteiger partial charge in [0.15, 0.2) is 0 Å². The van der Waals surface area contributed by atoms with E-state index >= 15 is 0 Å². The van der Waals surface area contributed by atoms with Crippen LogP contribution in [0.3, 0.4) is 0 Å². The number of carbonyl (C=O) groups excluding carboxylic acids is 1. The van der Waals surface area contributed by atoms with E-state index in [4.69, 9.17) is 0 Å². The molecule has 0 aliphatic heterocycles. The lowest BCUT2D eigenvalue weighted by atomic mass is 10.3. The van der Waals surface area contributed by atoms with E-state index < -0.39 is 0 Å². The third-order valence-corrected chi connectivity index (χ3v) is 2.39. The van der Waals surface area contributed by atoms with Gasteiger partial charge in [0.2, 0.25) is 5.91 Å². The second-order valence-electron chi connectivity index (χ2n) is 2.92. The molecular formula is C10H9N3OS. The first kappa shape index (κ1) is 9.79. The average molecular weight is 219 g/mol. The van der Waals surface area contributed by atoms with Gasteiger partial charge in [-0.1, -0.05) is 6.07 Å². The lowest BCUT2D eigenvalue weighted by Crippen LogP contribution is -2.15. The van der Waals surface area contributed by atoms with E-state index in [1.165, 1.54) is 11.3 Å². The summed E-state index contributed by atoms with van der Waals surface area (Å²) < 4.78 is 0. The first-order chi connectivity index (χ1) is 7.34. The van der Waals surface area contributed by atoms with Crippen molar-refractivity contribution in [1.82, 2.24) is 9.97 Å². The fraction of sp³-hybridized carbons (Fsp3) is 0.100. The minimum absolute atomic E-state index is 0.0976. The number of carbonyl (C=O) groups is 1. The molecule has 2 aromatic heterocycles. The minimum atomic E-state index is -0.0976. The van der Waals surface area contributed by atoms with Crippen LogP contribution in [0.15, 0.2) is 35.3 Å². The molecule has 0 bridgehead atoms. The van der Waals surface area contributed by atoms with Crippen molar-refractivity contribution in [1.29, 1.82) is 0 Å². The van der Waals surface area contributed by atoms with Gasteiger partial charge in [-0.25, -0.2) is 9.97 Å². The molecule has 0 aliphatic carbocycles. The summed E-state index contributed by atoms with van der Waals surface area (Å²) in [6.45, 7) is 0. The Morgan fingerprint density at radius 1 is 1.40 bits per heavy atom. The first-order valence-corrected chi connectivity index (χ1v) is 5.37. The van der Waals surface area contributed by atoms with Crippen LogP contribution in [0, 0.1) is 0 Å². The lowest BCUT2D eigenvalue weighted by Gasteiger charge is -2.01. The number of amides is 1. The van der Waals surface area contributed by atoms with Gasteiger partial charge in [0.1, 0.15) is 5.82 Å². The largest absolute Gasteiger partial charge is 0.310 e. The third-order valence-electron chi connectivity index (χ3n) is 1.76. The Hall–Kier alpha value is -1.75. The van der Waals surface area contributed by atoms with Crippen molar-refractivity contribution in [3.63, 3.8) is 0 Å². The Kier molecular flexibility index (Phi) is 3.04. The van der Waals surface area contributed by atoms with Crippen LogP contribution in [0.1, 0.15) is 5.69 Å². The zero-order valence-electron chi connectivity index (χ0n) is 7.88. The molecule has 1 N–H and O–H groups in total. The molecule has 76 valence electrons. The van der Waals surface area contributed by atoms with Crippen LogP contribution in [0.4, 0.5) is 5.82 Å². The Labute approximate surface area is 91.0 Å². The molecule has 0 unspecified atom stereocenters. The maximum Gasteiger partial charge on any atom is 0.231 e. The molecule has 4 nitrogen and oxygen atoms in total. The highest BCUT2D eigenvalue weighted by atomic mass is 32.1. The van der Waals surface area contributed by atoms with Gasteiger partial charge in [0.05, 0.1) is 17.6 Å². The van der Waals surface area contributed by atoms with Crippen LogP contribution in [-0.4, -0.2) is 15.9 Å². The van der Waals surface area contributed by atoms with Crippen LogP contribution in [0.25, 0.3) is 0 Å². The summed E-state index contributed by atoms with van der Waals surface area (Å²) in [7, 11) is 0.